The van der Waals surface area contributed by atoms with E-state index in [1.807, 2.05) is 55.4 Å². The van der Waals surface area contributed by atoms with Crippen molar-refractivity contribution >= 4 is 34.3 Å². The van der Waals surface area contributed by atoms with Crippen LogP contribution >= 0.6 is 11.6 Å². The van der Waals surface area contributed by atoms with Gasteiger partial charge in [-0.05, 0) is 98.1 Å². The minimum absolute atomic E-state index is 0.0451. The zero-order chi connectivity index (χ0) is 40.9. The third-order valence-corrected chi connectivity index (χ3v) is 10.3. The van der Waals surface area contributed by atoms with Gasteiger partial charge >= 0.3 is 5.97 Å². The number of likely N-dealkylation sites (N-methyl/N-ethyl adjacent to an activating group) is 1. The molecule has 12 nitrogen and oxygen atoms in total. The van der Waals surface area contributed by atoms with Gasteiger partial charge in [-0.2, -0.15) is 0 Å². The fourth-order valence-corrected chi connectivity index (χ4v) is 6.80. The van der Waals surface area contributed by atoms with Crippen molar-refractivity contribution in [1.82, 2.24) is 24.8 Å². The summed E-state index contributed by atoms with van der Waals surface area (Å²) in [7, 11) is 5.77. The lowest BCUT2D eigenvalue weighted by molar-refractivity contribution is -0.160. The lowest BCUT2D eigenvalue weighted by Crippen LogP contribution is -2.48. The summed E-state index contributed by atoms with van der Waals surface area (Å²) in [6.07, 6.45) is 4.79. The standard InChI is InChI=1S/C44H47ClN6O6/c1-27-31(26-57-41-20-40(56-25-29-17-33(46-4)23-47-21-29)32(18-37(41)45)22-49-44(3,55)43(53)54)9-7-11-35(27)36-12-8-10-34(28(36)2)30-13-14-39-38(19-30)48-24-42(52)51(39)16-15-50(5)6/h7-14,17-21,23-24,46,49,55H,15-16,22,25-26H2,1-6H3,(H,53,54)/t44-/m0/s1. The highest BCUT2D eigenvalue weighted by Crippen LogP contribution is 2.37. The number of fused-ring (bicyclic) bond motifs is 1. The molecule has 0 bridgehead atoms. The number of rotatable bonds is 16. The van der Waals surface area contributed by atoms with Crippen LogP contribution in [0.2, 0.25) is 5.02 Å². The molecule has 57 heavy (non-hydrogen) atoms. The second-order valence-corrected chi connectivity index (χ2v) is 14.8. The van der Waals surface area contributed by atoms with Gasteiger partial charge in [-0.25, -0.2) is 9.78 Å². The molecule has 296 valence electrons. The number of aliphatic hydroxyl groups is 1. The molecule has 13 heteroatoms. The quantitative estimate of drug-likeness (QED) is 0.0748. The maximum atomic E-state index is 12.7. The fraction of sp³-hybridized carbons (Fsp3) is 0.273. The number of aliphatic carboxylic acids is 1. The lowest BCUT2D eigenvalue weighted by Gasteiger charge is -2.22. The van der Waals surface area contributed by atoms with E-state index in [-0.39, 0.29) is 25.3 Å². The molecule has 0 amide bonds. The molecule has 0 aliphatic heterocycles. The summed E-state index contributed by atoms with van der Waals surface area (Å²) in [5.41, 5.74) is 8.75. The molecule has 0 aliphatic carbocycles. The third-order valence-electron chi connectivity index (χ3n) is 10.0. The molecule has 0 aliphatic rings. The highest BCUT2D eigenvalue weighted by atomic mass is 35.5. The number of hydrogen-bond acceptors (Lipinski definition) is 10. The molecule has 2 heterocycles. The van der Waals surface area contributed by atoms with Crippen LogP contribution in [0, 0.1) is 13.8 Å². The second kappa shape index (κ2) is 17.6. The Kier molecular flexibility index (Phi) is 12.6. The van der Waals surface area contributed by atoms with E-state index in [0.717, 1.165) is 74.7 Å². The molecule has 0 spiro atoms. The Bertz CT molecular complexity index is 2480. The number of benzene rings is 4. The molecule has 0 radical (unpaired) electrons. The number of carbonyl (C=O) groups is 1. The van der Waals surface area contributed by atoms with E-state index in [2.05, 4.69) is 58.7 Å². The number of nitrogens with zero attached hydrogens (tertiary/aromatic N) is 4. The number of aromatic nitrogens is 3. The van der Waals surface area contributed by atoms with E-state index in [1.54, 1.807) is 36.1 Å². The van der Waals surface area contributed by atoms with E-state index >= 15 is 0 Å². The summed E-state index contributed by atoms with van der Waals surface area (Å²) >= 11 is 6.75. The van der Waals surface area contributed by atoms with Gasteiger partial charge in [-0.3, -0.25) is 15.1 Å². The molecule has 0 fully saturated rings. The predicted octanol–water partition coefficient (Wildman–Crippen LogP) is 7.04. The lowest BCUT2D eigenvalue weighted by atomic mass is 9.89. The Balaban J connectivity index is 1.26. The van der Waals surface area contributed by atoms with E-state index in [9.17, 15) is 19.8 Å². The van der Waals surface area contributed by atoms with E-state index in [4.69, 9.17) is 21.1 Å². The molecule has 6 rings (SSSR count). The number of pyridine rings is 1. The molecule has 6 aromatic rings. The van der Waals surface area contributed by atoms with Crippen LogP contribution in [-0.4, -0.2) is 69.0 Å². The van der Waals surface area contributed by atoms with Crippen molar-refractivity contribution in [3.05, 3.63) is 135 Å². The topological polar surface area (TPSA) is 151 Å². The monoisotopic (exact) mass is 790 g/mol. The van der Waals surface area contributed by atoms with E-state index in [1.165, 1.54) is 6.20 Å². The predicted molar refractivity (Wildman–Crippen MR) is 224 cm³/mol. The number of nitrogens with one attached hydrogen (secondary N) is 2. The van der Waals surface area contributed by atoms with Crippen LogP contribution in [0.4, 0.5) is 5.69 Å². The van der Waals surface area contributed by atoms with Gasteiger partial charge in [-0.15, -0.1) is 0 Å². The summed E-state index contributed by atoms with van der Waals surface area (Å²) in [6, 6.07) is 23.7. The Morgan fingerprint density at radius 3 is 2.35 bits per heavy atom. The van der Waals surface area contributed by atoms with Gasteiger partial charge in [0.2, 0.25) is 5.72 Å². The smallest absolute Gasteiger partial charge is 0.350 e. The van der Waals surface area contributed by atoms with E-state index in [0.29, 0.717) is 28.6 Å². The molecule has 0 saturated heterocycles. The first kappa shape index (κ1) is 40.9. The van der Waals surface area contributed by atoms with Crippen molar-refractivity contribution in [2.24, 2.45) is 0 Å². The van der Waals surface area contributed by atoms with Crippen LogP contribution in [0.3, 0.4) is 0 Å². The van der Waals surface area contributed by atoms with E-state index < -0.39 is 11.7 Å². The zero-order valence-electron chi connectivity index (χ0n) is 32.9. The number of anilines is 1. The normalized spacial score (nSPS) is 12.4. The summed E-state index contributed by atoms with van der Waals surface area (Å²) in [5.74, 6) is -0.639. The van der Waals surface area contributed by atoms with Crippen LogP contribution in [0.5, 0.6) is 11.5 Å². The number of halogens is 1. The van der Waals surface area contributed by atoms with Crippen molar-refractivity contribution < 1.29 is 24.5 Å². The molecule has 0 saturated carbocycles. The second-order valence-electron chi connectivity index (χ2n) is 14.4. The first-order valence-corrected chi connectivity index (χ1v) is 18.9. The van der Waals surface area contributed by atoms with Crippen LogP contribution in [0.1, 0.15) is 34.7 Å². The number of hydrogen-bond donors (Lipinski definition) is 4. The molecule has 2 aromatic heterocycles. The summed E-state index contributed by atoms with van der Waals surface area (Å²) in [6.45, 7) is 6.99. The van der Waals surface area contributed by atoms with Gasteiger partial charge in [0.15, 0.2) is 0 Å². The minimum Gasteiger partial charge on any atom is -0.488 e. The SMILES string of the molecule is CNc1cncc(COc2cc(OCc3cccc(-c4cccc(-c5ccc6c(c5)ncc(=O)n6CCN(C)C)c4C)c3C)c(Cl)cc2CN[C@@](C)(O)C(=O)O)c1. The highest BCUT2D eigenvalue weighted by molar-refractivity contribution is 6.32. The first-order valence-electron chi connectivity index (χ1n) is 18.5. The van der Waals surface area contributed by atoms with Gasteiger partial charge in [0, 0.05) is 56.3 Å². The molecular weight excluding hydrogens is 744 g/mol. The summed E-state index contributed by atoms with van der Waals surface area (Å²) < 4.78 is 14.3. The van der Waals surface area contributed by atoms with Crippen molar-refractivity contribution in [3.8, 4) is 33.8 Å². The van der Waals surface area contributed by atoms with Crippen molar-refractivity contribution in [2.45, 2.75) is 52.8 Å². The average molecular weight is 791 g/mol. The third kappa shape index (κ3) is 9.44. The maximum absolute atomic E-state index is 12.7. The van der Waals surface area contributed by atoms with Gasteiger partial charge < -0.3 is 34.5 Å². The molecule has 4 aromatic carbocycles. The fourth-order valence-electron chi connectivity index (χ4n) is 6.56. The number of carboxylic acid groups (broad SMARTS) is 1. The Hall–Kier alpha value is -5.79. The van der Waals surface area contributed by atoms with Crippen molar-refractivity contribution in [3.63, 3.8) is 0 Å². The summed E-state index contributed by atoms with van der Waals surface area (Å²) in [4.78, 5) is 35.0. The van der Waals surface area contributed by atoms with Crippen LogP contribution < -0.4 is 25.7 Å². The summed E-state index contributed by atoms with van der Waals surface area (Å²) in [5, 5.41) is 25.7. The van der Waals surface area contributed by atoms with Crippen LogP contribution in [0.15, 0.2) is 96.2 Å². The maximum Gasteiger partial charge on any atom is 0.350 e. The van der Waals surface area contributed by atoms with Crippen LogP contribution in [-0.2, 0) is 31.1 Å². The Labute approximate surface area is 336 Å². The molecular formula is C44H47ClN6O6. The van der Waals surface area contributed by atoms with Crippen molar-refractivity contribution in [2.75, 3.05) is 33.0 Å². The highest BCUT2D eigenvalue weighted by Gasteiger charge is 2.29. The molecule has 4 N–H and O–H groups in total. The zero-order valence-corrected chi connectivity index (χ0v) is 33.6. The van der Waals surface area contributed by atoms with Gasteiger partial charge in [-0.1, -0.05) is 54.1 Å². The largest absolute Gasteiger partial charge is 0.488 e. The average Bonchev–Trinajstić information content (AvgIpc) is 3.19. The van der Waals surface area contributed by atoms with Gasteiger partial charge in [0.05, 0.1) is 27.9 Å². The first-order chi connectivity index (χ1) is 27.2. The minimum atomic E-state index is -2.17. The Morgan fingerprint density at radius 2 is 1.61 bits per heavy atom. The number of carboxylic acids is 1. The molecule has 0 unspecified atom stereocenters. The van der Waals surface area contributed by atoms with Gasteiger partial charge in [0.25, 0.3) is 5.56 Å². The van der Waals surface area contributed by atoms with Gasteiger partial charge in [0.1, 0.15) is 24.7 Å². The van der Waals surface area contributed by atoms with Crippen molar-refractivity contribution in [1.29, 1.82) is 0 Å². The van der Waals surface area contributed by atoms with Crippen LogP contribution in [0.25, 0.3) is 33.3 Å². The Morgan fingerprint density at radius 1 is 0.895 bits per heavy atom. The molecule has 1 atom stereocenters. The number of ether oxygens (including phenoxy) is 2.